The van der Waals surface area contributed by atoms with Gasteiger partial charge in [0.1, 0.15) is 5.75 Å². The maximum absolute atomic E-state index is 9.85. The first-order valence-electron chi connectivity index (χ1n) is 5.26. The Kier molecular flexibility index (Phi) is 2.26. The summed E-state index contributed by atoms with van der Waals surface area (Å²) in [6.45, 7) is 2.11. The minimum Gasteiger partial charge on any atom is -0.506 e. The molecule has 4 heteroatoms. The second-order valence-corrected chi connectivity index (χ2v) is 5.43. The molecule has 0 radical (unpaired) electrons. The van der Waals surface area contributed by atoms with Crippen molar-refractivity contribution in [3.63, 3.8) is 0 Å². The lowest BCUT2D eigenvalue weighted by Gasteiger charge is -2.22. The monoisotopic (exact) mass is 253 g/mol. The van der Waals surface area contributed by atoms with Gasteiger partial charge >= 0.3 is 0 Å². The highest BCUT2D eigenvalue weighted by molar-refractivity contribution is 7.14. The summed E-state index contributed by atoms with van der Waals surface area (Å²) in [6, 6.07) is 0. The van der Waals surface area contributed by atoms with Gasteiger partial charge in [0.25, 0.3) is 0 Å². The summed E-state index contributed by atoms with van der Waals surface area (Å²) in [5.41, 5.74) is 4.70. The number of halogens is 1. The van der Waals surface area contributed by atoms with Crippen LogP contribution in [-0.4, -0.2) is 16.0 Å². The second kappa shape index (κ2) is 3.54. The van der Waals surface area contributed by atoms with E-state index in [0.29, 0.717) is 17.5 Å². The van der Waals surface area contributed by atoms with E-state index in [1.54, 1.807) is 17.5 Å². The number of nitrogens with one attached hydrogen (secondary N) is 1. The molecule has 0 bridgehead atoms. The van der Waals surface area contributed by atoms with Crippen LogP contribution < -0.4 is 0 Å². The lowest BCUT2D eigenvalue weighted by Crippen LogP contribution is -2.11. The predicted molar refractivity (Wildman–Crippen MR) is 67.7 cm³/mol. The predicted octanol–water partition coefficient (Wildman–Crippen LogP) is 3.64. The minimum atomic E-state index is 0.353. The fourth-order valence-corrected chi connectivity index (χ4v) is 3.99. The van der Waals surface area contributed by atoms with E-state index < -0.39 is 0 Å². The average molecular weight is 254 g/mol. The molecule has 1 aliphatic carbocycles. The number of aromatic hydroxyl groups is 1. The van der Waals surface area contributed by atoms with Gasteiger partial charge in [0.05, 0.1) is 5.56 Å². The SMILES string of the molecule is Cc1csc2c1C(CCl)Cc1[nH]cc(O)c1-2. The summed E-state index contributed by atoms with van der Waals surface area (Å²) in [6.07, 6.45) is 2.56. The number of aryl methyl sites for hydroxylation is 1. The highest BCUT2D eigenvalue weighted by atomic mass is 35.5. The standard InChI is InChI=1S/C12H12ClNOS/c1-6-5-16-12-10(6)7(3-13)2-8-11(12)9(15)4-14-8/h4-5,7,14-15H,2-3H2,1H3. The third kappa shape index (κ3) is 1.25. The normalized spacial score (nSPS) is 18.2. The third-order valence-corrected chi connectivity index (χ3v) is 4.74. The topological polar surface area (TPSA) is 36.0 Å². The molecule has 0 saturated heterocycles. The van der Waals surface area contributed by atoms with E-state index in [4.69, 9.17) is 11.6 Å². The van der Waals surface area contributed by atoms with Gasteiger partial charge in [-0.05, 0) is 29.9 Å². The van der Waals surface area contributed by atoms with Gasteiger partial charge in [-0.3, -0.25) is 0 Å². The van der Waals surface area contributed by atoms with E-state index in [2.05, 4.69) is 17.3 Å². The Hall–Kier alpha value is -0.930. The van der Waals surface area contributed by atoms with Crippen LogP contribution in [0.1, 0.15) is 22.7 Å². The van der Waals surface area contributed by atoms with Crippen LogP contribution in [0.5, 0.6) is 5.75 Å². The van der Waals surface area contributed by atoms with Gasteiger partial charge in [-0.15, -0.1) is 22.9 Å². The number of aromatic amines is 1. The number of fused-ring (bicyclic) bond motifs is 3. The van der Waals surface area contributed by atoms with Crippen LogP contribution in [0.25, 0.3) is 10.4 Å². The van der Waals surface area contributed by atoms with E-state index in [9.17, 15) is 5.11 Å². The van der Waals surface area contributed by atoms with Crippen LogP contribution in [-0.2, 0) is 6.42 Å². The molecule has 84 valence electrons. The van der Waals surface area contributed by atoms with Crippen LogP contribution in [0.15, 0.2) is 11.6 Å². The fraction of sp³-hybridized carbons (Fsp3) is 0.333. The Morgan fingerprint density at radius 3 is 3.19 bits per heavy atom. The lowest BCUT2D eigenvalue weighted by molar-refractivity contribution is 0.477. The van der Waals surface area contributed by atoms with Gasteiger partial charge < -0.3 is 10.1 Å². The Morgan fingerprint density at radius 1 is 1.62 bits per heavy atom. The zero-order chi connectivity index (χ0) is 11.3. The number of hydrogen-bond acceptors (Lipinski definition) is 2. The molecule has 16 heavy (non-hydrogen) atoms. The maximum Gasteiger partial charge on any atom is 0.141 e. The van der Waals surface area contributed by atoms with Crippen molar-refractivity contribution in [1.82, 2.24) is 4.98 Å². The smallest absolute Gasteiger partial charge is 0.141 e. The number of hydrogen-bond donors (Lipinski definition) is 2. The van der Waals surface area contributed by atoms with Crippen LogP contribution >= 0.6 is 22.9 Å². The van der Waals surface area contributed by atoms with Crippen LogP contribution in [0.2, 0.25) is 0 Å². The molecule has 1 atom stereocenters. The number of rotatable bonds is 1. The van der Waals surface area contributed by atoms with Crippen molar-refractivity contribution in [2.24, 2.45) is 0 Å². The number of alkyl halides is 1. The highest BCUT2D eigenvalue weighted by Crippen LogP contribution is 2.48. The van der Waals surface area contributed by atoms with Crippen molar-refractivity contribution in [3.05, 3.63) is 28.4 Å². The van der Waals surface area contributed by atoms with Crippen molar-refractivity contribution in [1.29, 1.82) is 0 Å². The summed E-state index contributed by atoms with van der Waals surface area (Å²) in [7, 11) is 0. The Bertz CT molecular complexity index is 543. The quantitative estimate of drug-likeness (QED) is 0.748. The van der Waals surface area contributed by atoms with Crippen molar-refractivity contribution in [2.45, 2.75) is 19.3 Å². The number of aromatic nitrogens is 1. The first kappa shape index (κ1) is 10.2. The van der Waals surface area contributed by atoms with Crippen LogP contribution in [0.3, 0.4) is 0 Å². The summed E-state index contributed by atoms with van der Waals surface area (Å²) in [4.78, 5) is 4.32. The van der Waals surface area contributed by atoms with E-state index in [0.717, 1.165) is 17.7 Å². The molecular weight excluding hydrogens is 242 g/mol. The van der Waals surface area contributed by atoms with E-state index in [-0.39, 0.29) is 0 Å². The highest BCUT2D eigenvalue weighted by Gasteiger charge is 2.30. The largest absolute Gasteiger partial charge is 0.506 e. The fourth-order valence-electron chi connectivity index (χ4n) is 2.50. The summed E-state index contributed by atoms with van der Waals surface area (Å²) < 4.78 is 0. The third-order valence-electron chi connectivity index (χ3n) is 3.24. The molecule has 3 rings (SSSR count). The maximum atomic E-state index is 9.85. The van der Waals surface area contributed by atoms with Gasteiger partial charge in [0.15, 0.2) is 0 Å². The lowest BCUT2D eigenvalue weighted by atomic mass is 9.86. The van der Waals surface area contributed by atoms with Crippen molar-refractivity contribution in [2.75, 3.05) is 5.88 Å². The summed E-state index contributed by atoms with van der Waals surface area (Å²) in [5, 5.41) is 12.0. The van der Waals surface area contributed by atoms with Crippen molar-refractivity contribution in [3.8, 4) is 16.2 Å². The van der Waals surface area contributed by atoms with Gasteiger partial charge in [-0.2, -0.15) is 0 Å². The molecule has 0 saturated carbocycles. The zero-order valence-corrected chi connectivity index (χ0v) is 10.5. The van der Waals surface area contributed by atoms with Gasteiger partial charge in [0, 0.05) is 28.6 Å². The molecule has 1 unspecified atom stereocenters. The molecule has 0 fully saturated rings. The Labute approximate surface area is 103 Å². The molecule has 2 aromatic rings. The molecule has 0 spiro atoms. The molecule has 0 aromatic carbocycles. The molecule has 0 aliphatic heterocycles. The average Bonchev–Trinajstić information content (AvgIpc) is 2.83. The second-order valence-electron chi connectivity index (χ2n) is 4.24. The van der Waals surface area contributed by atoms with Gasteiger partial charge in [-0.1, -0.05) is 0 Å². The van der Waals surface area contributed by atoms with Crippen molar-refractivity contribution < 1.29 is 5.11 Å². The number of H-pyrrole nitrogens is 1. The molecule has 2 nitrogen and oxygen atoms in total. The Balaban J connectivity index is 2.27. The van der Waals surface area contributed by atoms with Crippen molar-refractivity contribution >= 4 is 22.9 Å². The minimum absolute atomic E-state index is 0.353. The zero-order valence-electron chi connectivity index (χ0n) is 8.88. The number of thiophene rings is 1. The molecule has 2 N–H and O–H groups in total. The van der Waals surface area contributed by atoms with Crippen LogP contribution in [0.4, 0.5) is 0 Å². The molecule has 2 aromatic heterocycles. The van der Waals surface area contributed by atoms with Gasteiger partial charge in [0.2, 0.25) is 0 Å². The molecule has 0 amide bonds. The summed E-state index contributed by atoms with van der Waals surface area (Å²) >= 11 is 7.73. The van der Waals surface area contributed by atoms with Gasteiger partial charge in [-0.25, -0.2) is 0 Å². The van der Waals surface area contributed by atoms with E-state index in [1.165, 1.54) is 16.0 Å². The first-order chi connectivity index (χ1) is 7.72. The van der Waals surface area contributed by atoms with E-state index >= 15 is 0 Å². The first-order valence-corrected chi connectivity index (χ1v) is 6.67. The van der Waals surface area contributed by atoms with Crippen LogP contribution in [0, 0.1) is 6.92 Å². The summed E-state index contributed by atoms with van der Waals surface area (Å²) in [5.74, 6) is 1.35. The molecule has 2 heterocycles. The molecular formula is C12H12ClNOS. The van der Waals surface area contributed by atoms with E-state index in [1.807, 2.05) is 0 Å². The Morgan fingerprint density at radius 2 is 2.44 bits per heavy atom. The molecule has 1 aliphatic rings.